The van der Waals surface area contributed by atoms with Crippen LogP contribution in [0.1, 0.15) is 5.82 Å². The zero-order chi connectivity index (χ0) is 9.26. The normalized spacial score (nSPS) is 10.2. The predicted octanol–water partition coefficient (Wildman–Crippen LogP) is 0.997. The van der Waals surface area contributed by atoms with Crippen molar-refractivity contribution in [2.24, 2.45) is 0 Å². The van der Waals surface area contributed by atoms with Gasteiger partial charge >= 0.3 is 0 Å². The van der Waals surface area contributed by atoms with E-state index in [1.165, 1.54) is 28.2 Å². The Morgan fingerprint density at radius 3 is 2.92 bits per heavy atom. The lowest BCUT2D eigenvalue weighted by atomic mass is 10.5. The van der Waals surface area contributed by atoms with E-state index in [-0.39, 0.29) is 5.56 Å². The summed E-state index contributed by atoms with van der Waals surface area (Å²) in [5, 5.41) is 1.82. The van der Waals surface area contributed by atoms with Gasteiger partial charge in [-0.15, -0.1) is 11.3 Å². The Kier molecular flexibility index (Phi) is 1.94. The van der Waals surface area contributed by atoms with E-state index in [0.29, 0.717) is 11.6 Å². The molecule has 0 spiro atoms. The molecule has 0 radical (unpaired) electrons. The first kappa shape index (κ1) is 8.12. The highest BCUT2D eigenvalue weighted by atomic mass is 32.1. The molecule has 0 atom stereocenters. The smallest absolute Gasteiger partial charge is 0.259 e. The molecule has 2 heterocycles. The minimum atomic E-state index is -0.0987. The van der Waals surface area contributed by atoms with Crippen molar-refractivity contribution in [3.8, 4) is 5.82 Å². The van der Waals surface area contributed by atoms with Crippen molar-refractivity contribution in [3.05, 3.63) is 39.3 Å². The maximum Gasteiger partial charge on any atom is 0.259 e. The van der Waals surface area contributed by atoms with Gasteiger partial charge in [0.05, 0.1) is 5.51 Å². The molecule has 0 N–H and O–H groups in total. The minimum absolute atomic E-state index is 0.0987. The molecule has 13 heavy (non-hydrogen) atoms. The van der Waals surface area contributed by atoms with Gasteiger partial charge in [-0.25, -0.2) is 14.5 Å². The molecule has 4 nitrogen and oxygen atoms in total. The predicted molar refractivity (Wildman–Crippen MR) is 50.2 cm³/mol. The second kappa shape index (κ2) is 3.10. The van der Waals surface area contributed by atoms with Crippen molar-refractivity contribution in [2.75, 3.05) is 0 Å². The Labute approximate surface area is 78.5 Å². The monoisotopic (exact) mass is 193 g/mol. The Hall–Kier alpha value is -1.49. The lowest BCUT2D eigenvalue weighted by molar-refractivity contribution is 0.850. The van der Waals surface area contributed by atoms with E-state index >= 15 is 0 Å². The van der Waals surface area contributed by atoms with Gasteiger partial charge in [-0.3, -0.25) is 4.79 Å². The first-order chi connectivity index (χ1) is 6.29. The molecule has 5 heteroatoms. The Morgan fingerprint density at radius 2 is 2.31 bits per heavy atom. The fourth-order valence-corrected chi connectivity index (χ4v) is 1.61. The molecule has 0 aliphatic rings. The molecule has 0 aliphatic carbocycles. The van der Waals surface area contributed by atoms with Gasteiger partial charge in [0.15, 0.2) is 5.82 Å². The summed E-state index contributed by atoms with van der Waals surface area (Å²) >= 11 is 1.45. The van der Waals surface area contributed by atoms with Crippen LogP contribution in [0, 0.1) is 6.92 Å². The summed E-state index contributed by atoms with van der Waals surface area (Å²) in [6.45, 7) is 1.78. The van der Waals surface area contributed by atoms with Crippen LogP contribution in [0.2, 0.25) is 0 Å². The molecule has 0 aliphatic heterocycles. The fraction of sp³-hybridized carbons (Fsp3) is 0.125. The number of nitrogens with zero attached hydrogens (tertiary/aromatic N) is 3. The van der Waals surface area contributed by atoms with Crippen LogP contribution >= 0.6 is 11.3 Å². The van der Waals surface area contributed by atoms with Crippen LogP contribution in [-0.4, -0.2) is 14.5 Å². The van der Waals surface area contributed by atoms with Gasteiger partial charge in [0.1, 0.15) is 5.82 Å². The summed E-state index contributed by atoms with van der Waals surface area (Å²) in [5.41, 5.74) is 1.59. The van der Waals surface area contributed by atoms with Gasteiger partial charge < -0.3 is 0 Å². The Morgan fingerprint density at radius 1 is 1.46 bits per heavy atom. The third-order valence-electron chi connectivity index (χ3n) is 1.67. The van der Waals surface area contributed by atoms with Crippen molar-refractivity contribution in [3.63, 3.8) is 0 Å². The van der Waals surface area contributed by atoms with Crippen molar-refractivity contribution in [1.29, 1.82) is 0 Å². The molecule has 0 unspecified atom stereocenters. The average molecular weight is 193 g/mol. The number of rotatable bonds is 1. The average Bonchev–Trinajstić information content (AvgIpc) is 2.57. The van der Waals surface area contributed by atoms with Crippen LogP contribution in [0.15, 0.2) is 27.9 Å². The summed E-state index contributed by atoms with van der Waals surface area (Å²) in [4.78, 5) is 19.5. The second-order valence-electron chi connectivity index (χ2n) is 2.51. The molecule has 0 aromatic carbocycles. The van der Waals surface area contributed by atoms with E-state index in [1.807, 2.05) is 5.38 Å². The van der Waals surface area contributed by atoms with Crippen LogP contribution < -0.4 is 5.56 Å². The second-order valence-corrected chi connectivity index (χ2v) is 3.23. The molecule has 0 saturated heterocycles. The van der Waals surface area contributed by atoms with Crippen LogP contribution in [0.3, 0.4) is 0 Å². The lowest BCUT2D eigenvalue weighted by Crippen LogP contribution is -2.20. The molecule has 0 fully saturated rings. The summed E-state index contributed by atoms with van der Waals surface area (Å²) in [7, 11) is 0. The number of aryl methyl sites for hydroxylation is 1. The molecule has 0 saturated carbocycles. The van der Waals surface area contributed by atoms with E-state index in [1.54, 1.807) is 12.4 Å². The Balaban J connectivity index is 2.71. The molecule has 2 aromatic rings. The van der Waals surface area contributed by atoms with Crippen molar-refractivity contribution >= 4 is 11.3 Å². The highest BCUT2D eigenvalue weighted by Crippen LogP contribution is 2.06. The summed E-state index contributed by atoms with van der Waals surface area (Å²) in [5.74, 6) is 1.29. The largest absolute Gasteiger partial charge is 0.269 e. The van der Waals surface area contributed by atoms with Gasteiger partial charge in [0, 0.05) is 17.6 Å². The minimum Gasteiger partial charge on any atom is -0.269 e. The number of aromatic nitrogens is 3. The summed E-state index contributed by atoms with van der Waals surface area (Å²) < 4.78 is 1.48. The molecule has 0 amide bonds. The molecule has 2 aromatic heterocycles. The van der Waals surface area contributed by atoms with Gasteiger partial charge in [-0.1, -0.05) is 0 Å². The number of thiazole rings is 1. The fourth-order valence-electron chi connectivity index (χ4n) is 1.10. The molecule has 0 bridgehead atoms. The van der Waals surface area contributed by atoms with E-state index in [9.17, 15) is 4.79 Å². The van der Waals surface area contributed by atoms with Crippen molar-refractivity contribution in [1.82, 2.24) is 14.5 Å². The zero-order valence-corrected chi connectivity index (χ0v) is 7.78. The molecular formula is C8H7N3OS. The summed E-state index contributed by atoms with van der Waals surface area (Å²) in [6, 6.07) is 1.42. The van der Waals surface area contributed by atoms with Gasteiger partial charge in [0.25, 0.3) is 5.56 Å². The molecule has 66 valence electrons. The van der Waals surface area contributed by atoms with Crippen LogP contribution in [-0.2, 0) is 0 Å². The maximum atomic E-state index is 11.4. The van der Waals surface area contributed by atoms with E-state index < -0.39 is 0 Å². The SMILES string of the molecule is Cc1nccc(=O)n1-c1cscn1. The third kappa shape index (κ3) is 1.38. The number of hydrogen-bond donors (Lipinski definition) is 0. The maximum absolute atomic E-state index is 11.4. The van der Waals surface area contributed by atoms with E-state index in [2.05, 4.69) is 9.97 Å². The topological polar surface area (TPSA) is 47.8 Å². The highest BCUT2D eigenvalue weighted by Gasteiger charge is 2.03. The molecule has 2 rings (SSSR count). The van der Waals surface area contributed by atoms with Crippen LogP contribution in [0.5, 0.6) is 0 Å². The van der Waals surface area contributed by atoms with Crippen LogP contribution in [0.4, 0.5) is 0 Å². The Bertz CT molecular complexity index is 460. The third-order valence-corrected chi connectivity index (χ3v) is 2.24. The van der Waals surface area contributed by atoms with Gasteiger partial charge in [-0.05, 0) is 6.92 Å². The standard InChI is InChI=1S/C8H7N3OS/c1-6-9-3-2-8(12)11(6)7-4-13-5-10-7/h2-5H,1H3. The van der Waals surface area contributed by atoms with Crippen molar-refractivity contribution in [2.45, 2.75) is 6.92 Å². The van der Waals surface area contributed by atoms with Crippen molar-refractivity contribution < 1.29 is 0 Å². The zero-order valence-electron chi connectivity index (χ0n) is 6.97. The quantitative estimate of drug-likeness (QED) is 0.678. The highest BCUT2D eigenvalue weighted by molar-refractivity contribution is 7.07. The molecular weight excluding hydrogens is 186 g/mol. The van der Waals surface area contributed by atoms with Gasteiger partial charge in [0.2, 0.25) is 0 Å². The lowest BCUT2D eigenvalue weighted by Gasteiger charge is -2.02. The van der Waals surface area contributed by atoms with Crippen LogP contribution in [0.25, 0.3) is 5.82 Å². The van der Waals surface area contributed by atoms with E-state index in [0.717, 1.165) is 0 Å². The first-order valence-electron chi connectivity index (χ1n) is 3.72. The first-order valence-corrected chi connectivity index (χ1v) is 4.66. The number of hydrogen-bond acceptors (Lipinski definition) is 4. The summed E-state index contributed by atoms with van der Waals surface area (Å²) in [6.07, 6.45) is 1.50. The van der Waals surface area contributed by atoms with E-state index in [4.69, 9.17) is 0 Å². The van der Waals surface area contributed by atoms with Gasteiger partial charge in [-0.2, -0.15) is 0 Å².